The number of hydrogen-bond acceptors (Lipinski definition) is 7. The van der Waals surface area contributed by atoms with Gasteiger partial charge >= 0.3 is 12.3 Å². The average molecular weight is 505 g/mol. The first-order valence-electron chi connectivity index (χ1n) is 10.3. The van der Waals surface area contributed by atoms with Gasteiger partial charge in [-0.25, -0.2) is 32.7 Å². The number of carbonyl (C=O) groups excluding carboxylic acids is 1. The van der Waals surface area contributed by atoms with E-state index >= 15 is 0 Å². The molecular weight excluding hydrogens is 482 g/mol. The van der Waals surface area contributed by atoms with Crippen LogP contribution in [0.15, 0.2) is 35.5 Å². The highest BCUT2D eigenvalue weighted by Gasteiger charge is 2.32. The summed E-state index contributed by atoms with van der Waals surface area (Å²) in [5.41, 5.74) is 0.716. The fourth-order valence-electron chi connectivity index (χ4n) is 3.64. The zero-order valence-electron chi connectivity index (χ0n) is 18.0. The molecule has 1 aromatic carbocycles. The molecule has 3 atom stereocenters. The van der Waals surface area contributed by atoms with Crippen LogP contribution in [-0.4, -0.2) is 42.8 Å². The third-order valence-electron chi connectivity index (χ3n) is 5.22. The van der Waals surface area contributed by atoms with Gasteiger partial charge in [-0.1, -0.05) is 0 Å². The summed E-state index contributed by atoms with van der Waals surface area (Å²) in [6.45, 7) is 1.25. The summed E-state index contributed by atoms with van der Waals surface area (Å²) in [6, 6.07) is 2.03. The van der Waals surface area contributed by atoms with Crippen LogP contribution < -0.4 is 15.8 Å². The van der Waals surface area contributed by atoms with Crippen molar-refractivity contribution < 1.29 is 35.5 Å². The number of alkyl halides is 3. The molecule has 34 heavy (non-hydrogen) atoms. The van der Waals surface area contributed by atoms with Gasteiger partial charge in [0, 0.05) is 18.4 Å². The van der Waals surface area contributed by atoms with Crippen molar-refractivity contribution in [2.75, 3.05) is 5.32 Å². The van der Waals surface area contributed by atoms with Crippen molar-refractivity contribution >= 4 is 27.8 Å². The molecule has 0 aliphatic heterocycles. The number of nitrogens with two attached hydrogens (primary N) is 1. The first-order valence-corrected chi connectivity index (χ1v) is 11.8. The van der Waals surface area contributed by atoms with E-state index in [1.54, 1.807) is 0 Å². The van der Waals surface area contributed by atoms with Crippen molar-refractivity contribution in [3.05, 3.63) is 42.0 Å². The number of ether oxygens (including phenoxy) is 1. The van der Waals surface area contributed by atoms with Crippen LogP contribution in [0.25, 0.3) is 0 Å². The van der Waals surface area contributed by atoms with Crippen molar-refractivity contribution in [1.29, 1.82) is 0 Å². The molecule has 1 saturated carbocycles. The van der Waals surface area contributed by atoms with E-state index in [1.807, 2.05) is 0 Å². The second-order valence-electron chi connectivity index (χ2n) is 8.05. The minimum Gasteiger partial charge on any atom is -0.446 e. The van der Waals surface area contributed by atoms with Crippen molar-refractivity contribution in [3.8, 4) is 0 Å². The molecule has 1 amide bonds. The first-order chi connectivity index (χ1) is 15.8. The van der Waals surface area contributed by atoms with Crippen LogP contribution >= 0.6 is 0 Å². The molecule has 0 bridgehead atoms. The molecule has 1 aliphatic carbocycles. The standard InChI is InChI=1S/C20H23F4N5O4S/c1-11(8-20(22,23)24)28-19(30)33-14-3-2-12(6-14)13-9-26-18(27-10-13)29-17-5-4-15(7-16(17)21)34(25,31)32/h4-5,7,9-12,14H,2-3,6,8H2,1H3,(H,28,30)(H2,25,31,32)(H,26,27,29)/t11-,12-,14?/m0/s1. The fourth-order valence-corrected chi connectivity index (χ4v) is 4.17. The molecule has 1 heterocycles. The largest absolute Gasteiger partial charge is 0.446 e. The Labute approximate surface area is 193 Å². The highest BCUT2D eigenvalue weighted by atomic mass is 32.2. The molecule has 1 aliphatic rings. The van der Waals surface area contributed by atoms with E-state index < -0.39 is 46.7 Å². The summed E-state index contributed by atoms with van der Waals surface area (Å²) in [7, 11) is -4.04. The highest BCUT2D eigenvalue weighted by molar-refractivity contribution is 7.89. The summed E-state index contributed by atoms with van der Waals surface area (Å²) < 4.78 is 79.1. The van der Waals surface area contributed by atoms with Crippen LogP contribution in [0.2, 0.25) is 0 Å². The lowest BCUT2D eigenvalue weighted by atomic mass is 10.0. The number of anilines is 2. The third-order valence-corrected chi connectivity index (χ3v) is 6.13. The van der Waals surface area contributed by atoms with Gasteiger partial charge in [-0.2, -0.15) is 13.2 Å². The second-order valence-corrected chi connectivity index (χ2v) is 9.62. The van der Waals surface area contributed by atoms with E-state index in [9.17, 15) is 30.8 Å². The second kappa shape index (κ2) is 10.1. The zero-order chi connectivity index (χ0) is 25.1. The van der Waals surface area contributed by atoms with Gasteiger partial charge in [0.1, 0.15) is 11.9 Å². The number of amides is 1. The molecule has 0 saturated heterocycles. The molecule has 3 rings (SSSR count). The van der Waals surface area contributed by atoms with Gasteiger partial charge in [-0.15, -0.1) is 0 Å². The number of sulfonamides is 1. The number of alkyl carbamates (subject to hydrolysis) is 1. The predicted octanol–water partition coefficient (Wildman–Crippen LogP) is 3.71. The molecule has 1 unspecified atom stereocenters. The van der Waals surface area contributed by atoms with E-state index in [4.69, 9.17) is 9.88 Å². The molecule has 1 fully saturated rings. The van der Waals surface area contributed by atoms with Crippen molar-refractivity contribution in [1.82, 2.24) is 15.3 Å². The maximum atomic E-state index is 14.2. The Morgan fingerprint density at radius 3 is 2.53 bits per heavy atom. The van der Waals surface area contributed by atoms with Crippen LogP contribution in [0.3, 0.4) is 0 Å². The van der Waals surface area contributed by atoms with Crippen LogP contribution in [0, 0.1) is 5.82 Å². The molecule has 0 radical (unpaired) electrons. The van der Waals surface area contributed by atoms with Crippen LogP contribution in [-0.2, 0) is 14.8 Å². The van der Waals surface area contributed by atoms with Gasteiger partial charge in [0.25, 0.3) is 0 Å². The number of aromatic nitrogens is 2. The minimum absolute atomic E-state index is 0.0229. The predicted molar refractivity (Wildman–Crippen MR) is 113 cm³/mol. The highest BCUT2D eigenvalue weighted by Crippen LogP contribution is 2.36. The molecular formula is C20H23F4N5O4S. The smallest absolute Gasteiger partial charge is 0.407 e. The van der Waals surface area contributed by atoms with E-state index in [2.05, 4.69) is 20.6 Å². The van der Waals surface area contributed by atoms with Crippen LogP contribution in [0.4, 0.5) is 34.0 Å². The Morgan fingerprint density at radius 2 is 1.94 bits per heavy atom. The third kappa shape index (κ3) is 7.25. The maximum absolute atomic E-state index is 14.2. The van der Waals surface area contributed by atoms with Crippen molar-refractivity contribution in [2.45, 2.75) is 61.7 Å². The Balaban J connectivity index is 1.53. The minimum atomic E-state index is -4.38. The molecule has 2 aromatic rings. The molecule has 14 heteroatoms. The fraction of sp³-hybridized carbons (Fsp3) is 0.450. The number of rotatable bonds is 7. The summed E-state index contributed by atoms with van der Waals surface area (Å²) in [4.78, 5) is 19.8. The summed E-state index contributed by atoms with van der Waals surface area (Å²) >= 11 is 0. The van der Waals surface area contributed by atoms with E-state index in [0.717, 1.165) is 17.7 Å². The lowest BCUT2D eigenvalue weighted by Crippen LogP contribution is -2.37. The number of hydrogen-bond donors (Lipinski definition) is 3. The number of nitrogens with zero attached hydrogens (tertiary/aromatic N) is 2. The maximum Gasteiger partial charge on any atom is 0.407 e. The van der Waals surface area contributed by atoms with Crippen LogP contribution in [0.5, 0.6) is 0 Å². The summed E-state index contributed by atoms with van der Waals surface area (Å²) in [6.07, 6.45) is -2.15. The van der Waals surface area contributed by atoms with Crippen LogP contribution in [0.1, 0.15) is 44.1 Å². The molecule has 186 valence electrons. The molecule has 1 aromatic heterocycles. The SMILES string of the molecule is C[C@@H](CC(F)(F)F)NC(=O)OC1CC[C@H](c2cnc(Nc3ccc(S(N)(=O)=O)cc3F)nc2)C1. The Kier molecular flexibility index (Phi) is 7.60. The number of benzene rings is 1. The van der Waals surface area contributed by atoms with Gasteiger partial charge in [-0.3, -0.25) is 0 Å². The number of halogens is 4. The van der Waals surface area contributed by atoms with Gasteiger partial charge < -0.3 is 15.4 Å². The summed E-state index contributed by atoms with van der Waals surface area (Å²) in [5.74, 6) is -0.794. The zero-order valence-corrected chi connectivity index (χ0v) is 18.8. The van der Waals surface area contributed by atoms with Gasteiger partial charge in [0.2, 0.25) is 16.0 Å². The van der Waals surface area contributed by atoms with Gasteiger partial charge in [0.15, 0.2) is 0 Å². The van der Waals surface area contributed by atoms with Crippen molar-refractivity contribution in [3.63, 3.8) is 0 Å². The summed E-state index contributed by atoms with van der Waals surface area (Å²) in [5, 5.41) is 9.80. The molecule has 4 N–H and O–H groups in total. The molecule has 0 spiro atoms. The van der Waals surface area contributed by atoms with E-state index in [0.29, 0.717) is 19.3 Å². The average Bonchev–Trinajstić information content (AvgIpc) is 3.16. The molecule has 9 nitrogen and oxygen atoms in total. The van der Waals surface area contributed by atoms with E-state index in [1.165, 1.54) is 25.4 Å². The number of nitrogens with one attached hydrogen (secondary N) is 2. The quantitative estimate of drug-likeness (QED) is 0.488. The van der Waals surface area contributed by atoms with Crippen molar-refractivity contribution in [2.24, 2.45) is 5.14 Å². The number of primary sulfonamides is 1. The number of carbonyl (C=O) groups is 1. The van der Waals surface area contributed by atoms with Gasteiger partial charge in [0.05, 0.1) is 17.0 Å². The first kappa shape index (κ1) is 25.6. The van der Waals surface area contributed by atoms with Gasteiger partial charge in [-0.05, 0) is 55.9 Å². The normalized spacial score (nSPS) is 19.5. The topological polar surface area (TPSA) is 136 Å². The Hall–Kier alpha value is -3.00. The van der Waals surface area contributed by atoms with E-state index in [-0.39, 0.29) is 22.4 Å². The monoisotopic (exact) mass is 505 g/mol. The lowest BCUT2D eigenvalue weighted by molar-refractivity contribution is -0.138. The lowest BCUT2D eigenvalue weighted by Gasteiger charge is -2.18. The Bertz CT molecular complexity index is 1130. The Morgan fingerprint density at radius 1 is 1.26 bits per heavy atom.